The molecule has 2 aliphatic rings. The van der Waals surface area contributed by atoms with E-state index in [-0.39, 0.29) is 6.04 Å². The molecule has 4 atom stereocenters. The van der Waals surface area contributed by atoms with Crippen molar-refractivity contribution in [1.29, 1.82) is 0 Å². The fraction of sp³-hybridized carbons (Fsp3) is 0.647. The highest BCUT2D eigenvalue weighted by atomic mass is 35.5. The Labute approximate surface area is 126 Å². The van der Waals surface area contributed by atoms with Crippen LogP contribution in [0.5, 0.6) is 5.75 Å². The zero-order valence-corrected chi connectivity index (χ0v) is 12.9. The van der Waals surface area contributed by atoms with Gasteiger partial charge in [0.1, 0.15) is 5.75 Å². The van der Waals surface area contributed by atoms with Crippen LogP contribution < -0.4 is 10.5 Å². The highest BCUT2D eigenvalue weighted by molar-refractivity contribution is 6.31. The highest BCUT2D eigenvalue weighted by Gasteiger charge is 2.39. The number of benzene rings is 1. The normalized spacial score (nSPS) is 29.6. The van der Waals surface area contributed by atoms with E-state index in [1.54, 1.807) is 0 Å². The molecule has 0 radical (unpaired) electrons. The summed E-state index contributed by atoms with van der Waals surface area (Å²) in [5.41, 5.74) is 6.98. The molecule has 1 aromatic rings. The molecule has 0 saturated heterocycles. The number of halogens is 1. The third-order valence-corrected chi connectivity index (χ3v) is 5.29. The van der Waals surface area contributed by atoms with E-state index < -0.39 is 0 Å². The molecule has 3 heteroatoms. The van der Waals surface area contributed by atoms with Crippen LogP contribution in [0.25, 0.3) is 0 Å². The summed E-state index contributed by atoms with van der Waals surface area (Å²) in [4.78, 5) is 0. The molecule has 2 saturated carbocycles. The Morgan fingerprint density at radius 1 is 1.35 bits per heavy atom. The highest BCUT2D eigenvalue weighted by Crippen LogP contribution is 2.48. The lowest BCUT2D eigenvalue weighted by Crippen LogP contribution is -2.21. The summed E-state index contributed by atoms with van der Waals surface area (Å²) in [6, 6.07) is 6.00. The maximum Gasteiger partial charge on any atom is 0.124 e. The zero-order valence-electron chi connectivity index (χ0n) is 12.1. The molecule has 0 amide bonds. The van der Waals surface area contributed by atoms with Crippen LogP contribution in [0.15, 0.2) is 18.2 Å². The lowest BCUT2D eigenvalue weighted by atomic mass is 9.89. The van der Waals surface area contributed by atoms with Gasteiger partial charge in [-0.25, -0.2) is 0 Å². The second-order valence-electron chi connectivity index (χ2n) is 6.64. The molecule has 0 heterocycles. The molecule has 3 rings (SSSR count). The molecule has 2 bridgehead atoms. The van der Waals surface area contributed by atoms with Crippen LogP contribution in [0.2, 0.25) is 5.02 Å². The van der Waals surface area contributed by atoms with E-state index in [1.807, 2.05) is 25.1 Å². The van der Waals surface area contributed by atoms with Gasteiger partial charge in [-0.3, -0.25) is 0 Å². The Balaban J connectivity index is 1.66. The molecule has 110 valence electrons. The van der Waals surface area contributed by atoms with Gasteiger partial charge in [0.2, 0.25) is 0 Å². The first kappa shape index (κ1) is 14.2. The average Bonchev–Trinajstić information content (AvgIpc) is 3.01. The third kappa shape index (κ3) is 2.96. The molecular formula is C17H24ClNO. The number of hydrogen-bond acceptors (Lipinski definition) is 2. The van der Waals surface area contributed by atoms with E-state index in [0.717, 1.165) is 47.1 Å². The SMILES string of the molecule is CC(N)Cc1c(Cl)cccc1OCC1CC2CCC1C2. The van der Waals surface area contributed by atoms with Gasteiger partial charge in [-0.2, -0.15) is 0 Å². The topological polar surface area (TPSA) is 35.2 Å². The van der Waals surface area contributed by atoms with E-state index in [2.05, 4.69) is 0 Å². The van der Waals surface area contributed by atoms with E-state index in [0.29, 0.717) is 0 Å². The smallest absolute Gasteiger partial charge is 0.124 e. The van der Waals surface area contributed by atoms with E-state index >= 15 is 0 Å². The maximum absolute atomic E-state index is 6.30. The van der Waals surface area contributed by atoms with Crippen molar-refractivity contribution in [1.82, 2.24) is 0 Å². The first-order chi connectivity index (χ1) is 9.63. The molecular weight excluding hydrogens is 270 g/mol. The summed E-state index contributed by atoms with van der Waals surface area (Å²) >= 11 is 6.30. The van der Waals surface area contributed by atoms with Crippen LogP contribution in [0.3, 0.4) is 0 Å². The molecule has 2 aliphatic carbocycles. The van der Waals surface area contributed by atoms with Crippen molar-refractivity contribution in [3.8, 4) is 5.75 Å². The van der Waals surface area contributed by atoms with Crippen molar-refractivity contribution in [3.63, 3.8) is 0 Å². The van der Waals surface area contributed by atoms with Crippen molar-refractivity contribution < 1.29 is 4.74 Å². The van der Waals surface area contributed by atoms with Crippen LogP contribution in [0.1, 0.15) is 38.2 Å². The van der Waals surface area contributed by atoms with Crippen molar-refractivity contribution in [3.05, 3.63) is 28.8 Å². The summed E-state index contributed by atoms with van der Waals surface area (Å²) in [5, 5.41) is 0.771. The minimum Gasteiger partial charge on any atom is -0.493 e. The Hall–Kier alpha value is -0.730. The van der Waals surface area contributed by atoms with Gasteiger partial charge in [0, 0.05) is 16.6 Å². The van der Waals surface area contributed by atoms with Crippen LogP contribution in [0.4, 0.5) is 0 Å². The molecule has 0 aliphatic heterocycles. The Morgan fingerprint density at radius 2 is 2.20 bits per heavy atom. The molecule has 1 aromatic carbocycles. The fourth-order valence-electron chi connectivity index (χ4n) is 3.97. The minimum absolute atomic E-state index is 0.0970. The van der Waals surface area contributed by atoms with Crippen molar-refractivity contribution in [2.75, 3.05) is 6.61 Å². The standard InChI is InChI=1S/C17H24ClNO/c1-11(19)7-15-16(18)3-2-4-17(15)20-10-14-9-12-5-6-13(14)8-12/h2-4,11-14H,5-10,19H2,1H3. The zero-order chi connectivity index (χ0) is 14.1. The van der Waals surface area contributed by atoms with Crippen molar-refractivity contribution in [2.24, 2.45) is 23.5 Å². The van der Waals surface area contributed by atoms with Gasteiger partial charge in [0.05, 0.1) is 6.61 Å². The number of ether oxygens (including phenoxy) is 1. The predicted octanol–water partition coefficient (Wildman–Crippen LogP) is 4.04. The summed E-state index contributed by atoms with van der Waals surface area (Å²) < 4.78 is 6.12. The van der Waals surface area contributed by atoms with Crippen LogP contribution >= 0.6 is 11.6 Å². The second kappa shape index (κ2) is 5.95. The molecule has 2 fully saturated rings. The molecule has 2 nitrogen and oxygen atoms in total. The molecule has 2 N–H and O–H groups in total. The first-order valence-corrected chi connectivity index (χ1v) is 8.17. The van der Waals surface area contributed by atoms with Crippen molar-refractivity contribution in [2.45, 2.75) is 45.1 Å². The quantitative estimate of drug-likeness (QED) is 0.889. The first-order valence-electron chi connectivity index (χ1n) is 7.79. The van der Waals surface area contributed by atoms with E-state index in [9.17, 15) is 0 Å². The number of nitrogens with two attached hydrogens (primary N) is 1. The van der Waals surface area contributed by atoms with Crippen LogP contribution in [-0.4, -0.2) is 12.6 Å². The van der Waals surface area contributed by atoms with Gasteiger partial charge in [0.25, 0.3) is 0 Å². The van der Waals surface area contributed by atoms with Gasteiger partial charge in [-0.1, -0.05) is 24.1 Å². The number of rotatable bonds is 5. The van der Waals surface area contributed by atoms with Gasteiger partial charge >= 0.3 is 0 Å². The molecule has 0 spiro atoms. The van der Waals surface area contributed by atoms with Crippen LogP contribution in [-0.2, 0) is 6.42 Å². The maximum atomic E-state index is 6.30. The third-order valence-electron chi connectivity index (χ3n) is 4.94. The Kier molecular flexibility index (Phi) is 4.23. The molecule has 20 heavy (non-hydrogen) atoms. The number of hydrogen-bond donors (Lipinski definition) is 1. The minimum atomic E-state index is 0.0970. The van der Waals surface area contributed by atoms with Gasteiger partial charge in [-0.05, 0) is 62.5 Å². The summed E-state index contributed by atoms with van der Waals surface area (Å²) in [6.45, 7) is 2.84. The van der Waals surface area contributed by atoms with Gasteiger partial charge in [0.15, 0.2) is 0 Å². The van der Waals surface area contributed by atoms with Crippen molar-refractivity contribution >= 4 is 11.6 Å². The summed E-state index contributed by atoms with van der Waals surface area (Å²) in [6.07, 6.45) is 6.39. The monoisotopic (exact) mass is 293 g/mol. The average molecular weight is 294 g/mol. The van der Waals surface area contributed by atoms with E-state index in [4.69, 9.17) is 22.1 Å². The molecule has 0 aromatic heterocycles. The fourth-order valence-corrected chi connectivity index (χ4v) is 4.21. The summed E-state index contributed by atoms with van der Waals surface area (Å²) in [5.74, 6) is 3.54. The summed E-state index contributed by atoms with van der Waals surface area (Å²) in [7, 11) is 0. The van der Waals surface area contributed by atoms with Crippen LogP contribution in [0, 0.1) is 17.8 Å². The predicted molar refractivity (Wildman–Crippen MR) is 83.2 cm³/mol. The molecule has 4 unspecified atom stereocenters. The largest absolute Gasteiger partial charge is 0.493 e. The van der Waals surface area contributed by atoms with Gasteiger partial charge in [-0.15, -0.1) is 0 Å². The Morgan fingerprint density at radius 3 is 2.85 bits per heavy atom. The lowest BCUT2D eigenvalue weighted by molar-refractivity contribution is 0.194. The second-order valence-corrected chi connectivity index (χ2v) is 7.05. The Bertz CT molecular complexity index is 474. The number of fused-ring (bicyclic) bond motifs is 2. The van der Waals surface area contributed by atoms with E-state index in [1.165, 1.54) is 25.7 Å². The van der Waals surface area contributed by atoms with Gasteiger partial charge < -0.3 is 10.5 Å². The lowest BCUT2D eigenvalue weighted by Gasteiger charge is -2.23.